The maximum Gasteiger partial charge on any atom is 0.305 e. The molecule has 1 heterocycles. The number of likely N-dealkylation sites (tertiary alicyclic amines) is 1. The smallest absolute Gasteiger partial charge is 0.305 e. The van der Waals surface area contributed by atoms with E-state index in [4.69, 9.17) is 4.74 Å². The zero-order chi connectivity index (χ0) is 21.3. The number of benzene rings is 1. The van der Waals surface area contributed by atoms with Crippen LogP contribution in [0.2, 0.25) is 0 Å². The van der Waals surface area contributed by atoms with E-state index in [0.717, 1.165) is 12.0 Å². The van der Waals surface area contributed by atoms with E-state index in [0.29, 0.717) is 31.7 Å². The van der Waals surface area contributed by atoms with E-state index >= 15 is 0 Å². The standard InChI is InChI=1S/C24H30FNO4/c25-20-8-5-19(6-9-20)17-22(27)12-10-21-11-13-23(28)26(21)15-16-30-24(29)14-7-18-3-1-2-4-18/h5-6,8-10,12,18,21H,1-4,7,11,13-17H2/b12-10+. The number of amides is 1. The fraction of sp³-hybridized carbons (Fsp3) is 0.542. The van der Waals surface area contributed by atoms with Crippen molar-refractivity contribution in [3.63, 3.8) is 0 Å². The summed E-state index contributed by atoms with van der Waals surface area (Å²) >= 11 is 0. The highest BCUT2D eigenvalue weighted by Crippen LogP contribution is 2.28. The van der Waals surface area contributed by atoms with Gasteiger partial charge in [0, 0.05) is 19.3 Å². The van der Waals surface area contributed by atoms with Crippen molar-refractivity contribution in [1.82, 2.24) is 4.90 Å². The summed E-state index contributed by atoms with van der Waals surface area (Å²) in [5, 5.41) is 0. The van der Waals surface area contributed by atoms with Crippen molar-refractivity contribution in [3.8, 4) is 0 Å². The number of allylic oxidation sites excluding steroid dienone is 1. The molecule has 0 radical (unpaired) electrons. The summed E-state index contributed by atoms with van der Waals surface area (Å²) in [7, 11) is 0. The molecular formula is C24H30FNO4. The third-order valence-electron chi connectivity index (χ3n) is 6.00. The zero-order valence-electron chi connectivity index (χ0n) is 17.4. The van der Waals surface area contributed by atoms with Crippen molar-refractivity contribution >= 4 is 17.7 Å². The summed E-state index contributed by atoms with van der Waals surface area (Å²) in [5.41, 5.74) is 0.745. The number of ketones is 1. The van der Waals surface area contributed by atoms with E-state index in [1.54, 1.807) is 23.1 Å². The monoisotopic (exact) mass is 415 g/mol. The molecule has 0 N–H and O–H groups in total. The van der Waals surface area contributed by atoms with Crippen LogP contribution in [0.4, 0.5) is 4.39 Å². The second-order valence-corrected chi connectivity index (χ2v) is 8.23. The summed E-state index contributed by atoms with van der Waals surface area (Å²) in [6.07, 6.45) is 10.8. The Hall–Kier alpha value is -2.50. The van der Waals surface area contributed by atoms with E-state index in [2.05, 4.69) is 0 Å². The Bertz CT molecular complexity index is 768. The van der Waals surface area contributed by atoms with Gasteiger partial charge in [0.25, 0.3) is 0 Å². The van der Waals surface area contributed by atoms with Crippen molar-refractivity contribution in [2.45, 2.75) is 63.8 Å². The molecule has 1 aromatic rings. The summed E-state index contributed by atoms with van der Waals surface area (Å²) in [4.78, 5) is 37.9. The Morgan fingerprint density at radius 2 is 1.87 bits per heavy atom. The number of carbonyl (C=O) groups excluding carboxylic acids is 3. The number of nitrogens with zero attached hydrogens (tertiary/aromatic N) is 1. The van der Waals surface area contributed by atoms with Gasteiger partial charge in [-0.15, -0.1) is 0 Å². The minimum absolute atomic E-state index is 0.0117. The lowest BCUT2D eigenvalue weighted by Crippen LogP contribution is -2.35. The summed E-state index contributed by atoms with van der Waals surface area (Å²) < 4.78 is 18.3. The highest BCUT2D eigenvalue weighted by molar-refractivity contribution is 5.91. The molecule has 1 aromatic carbocycles. The number of halogens is 1. The molecule has 162 valence electrons. The number of hydrogen-bond acceptors (Lipinski definition) is 4. The summed E-state index contributed by atoms with van der Waals surface area (Å²) in [6.45, 7) is 0.526. The van der Waals surface area contributed by atoms with Crippen LogP contribution in [0.5, 0.6) is 0 Å². The van der Waals surface area contributed by atoms with Gasteiger partial charge >= 0.3 is 5.97 Å². The highest BCUT2D eigenvalue weighted by Gasteiger charge is 2.29. The van der Waals surface area contributed by atoms with Gasteiger partial charge in [-0.1, -0.05) is 43.9 Å². The number of carbonyl (C=O) groups is 3. The maximum atomic E-state index is 13.0. The molecule has 5 nitrogen and oxygen atoms in total. The maximum absolute atomic E-state index is 13.0. The Labute approximate surface area is 177 Å². The quantitative estimate of drug-likeness (QED) is 0.428. The molecule has 30 heavy (non-hydrogen) atoms. The fourth-order valence-corrected chi connectivity index (χ4v) is 4.28. The van der Waals surface area contributed by atoms with E-state index in [1.807, 2.05) is 0 Å². The first kappa shape index (κ1) is 22.2. The number of esters is 1. The van der Waals surface area contributed by atoms with Crippen LogP contribution in [0.3, 0.4) is 0 Å². The summed E-state index contributed by atoms with van der Waals surface area (Å²) in [5.74, 6) is 0.0350. The minimum atomic E-state index is -0.332. The predicted molar refractivity (Wildman–Crippen MR) is 111 cm³/mol. The van der Waals surface area contributed by atoms with E-state index < -0.39 is 0 Å². The highest BCUT2D eigenvalue weighted by atomic mass is 19.1. The van der Waals surface area contributed by atoms with Crippen molar-refractivity contribution < 1.29 is 23.5 Å². The van der Waals surface area contributed by atoms with Crippen LogP contribution < -0.4 is 0 Å². The second-order valence-electron chi connectivity index (χ2n) is 8.23. The Morgan fingerprint density at radius 3 is 2.60 bits per heavy atom. The molecule has 6 heteroatoms. The molecule has 2 fully saturated rings. The van der Waals surface area contributed by atoms with Gasteiger partial charge in [-0.2, -0.15) is 0 Å². The van der Waals surface area contributed by atoms with Crippen LogP contribution in [0, 0.1) is 11.7 Å². The first-order valence-electron chi connectivity index (χ1n) is 10.9. The van der Waals surface area contributed by atoms with Crippen molar-refractivity contribution in [1.29, 1.82) is 0 Å². The van der Waals surface area contributed by atoms with Gasteiger partial charge in [0.05, 0.1) is 12.6 Å². The van der Waals surface area contributed by atoms with E-state index in [-0.39, 0.29) is 42.5 Å². The molecule has 1 aliphatic heterocycles. The first-order valence-corrected chi connectivity index (χ1v) is 10.9. The van der Waals surface area contributed by atoms with Crippen molar-refractivity contribution in [2.24, 2.45) is 5.92 Å². The van der Waals surface area contributed by atoms with Gasteiger partial charge in [0.2, 0.25) is 5.91 Å². The third kappa shape index (κ3) is 6.78. The SMILES string of the molecule is O=C(/C=C/C1CCC(=O)N1CCOC(=O)CCC1CCCC1)Cc1ccc(F)cc1. The van der Waals surface area contributed by atoms with Gasteiger partial charge in [-0.05, 0) is 42.5 Å². The molecule has 1 unspecified atom stereocenters. The topological polar surface area (TPSA) is 63.7 Å². The average molecular weight is 416 g/mol. The van der Waals surface area contributed by atoms with Gasteiger partial charge in [0.1, 0.15) is 12.4 Å². The fourth-order valence-electron chi connectivity index (χ4n) is 4.28. The van der Waals surface area contributed by atoms with Crippen LogP contribution in [-0.2, 0) is 25.5 Å². The molecule has 1 saturated carbocycles. The number of ether oxygens (including phenoxy) is 1. The minimum Gasteiger partial charge on any atom is -0.464 e. The molecule has 1 saturated heterocycles. The number of rotatable bonds is 10. The van der Waals surface area contributed by atoms with Crippen LogP contribution >= 0.6 is 0 Å². The van der Waals surface area contributed by atoms with Gasteiger partial charge in [-0.25, -0.2) is 4.39 Å². The third-order valence-corrected chi connectivity index (χ3v) is 6.00. The second kappa shape index (κ2) is 11.0. The molecule has 0 spiro atoms. The zero-order valence-corrected chi connectivity index (χ0v) is 17.4. The molecule has 1 atom stereocenters. The van der Waals surface area contributed by atoms with Gasteiger partial charge in [0.15, 0.2) is 5.78 Å². The van der Waals surface area contributed by atoms with Crippen LogP contribution in [0.15, 0.2) is 36.4 Å². The van der Waals surface area contributed by atoms with E-state index in [9.17, 15) is 18.8 Å². The molecule has 0 aromatic heterocycles. The van der Waals surface area contributed by atoms with Crippen molar-refractivity contribution in [3.05, 3.63) is 47.8 Å². The molecule has 3 rings (SSSR count). The number of hydrogen-bond donors (Lipinski definition) is 0. The van der Waals surface area contributed by atoms with E-state index in [1.165, 1.54) is 43.9 Å². The van der Waals surface area contributed by atoms with Crippen molar-refractivity contribution in [2.75, 3.05) is 13.2 Å². The molecular weight excluding hydrogens is 385 g/mol. The Morgan fingerprint density at radius 1 is 1.13 bits per heavy atom. The van der Waals surface area contributed by atoms with Crippen LogP contribution in [0.1, 0.15) is 56.9 Å². The Kier molecular flexibility index (Phi) is 8.17. The Balaban J connectivity index is 1.40. The van der Waals surface area contributed by atoms with Gasteiger partial charge < -0.3 is 9.64 Å². The van der Waals surface area contributed by atoms with Gasteiger partial charge in [-0.3, -0.25) is 14.4 Å². The predicted octanol–water partition coefficient (Wildman–Crippen LogP) is 4.00. The lowest BCUT2D eigenvalue weighted by Gasteiger charge is -2.22. The average Bonchev–Trinajstić information content (AvgIpc) is 3.37. The normalized spacial score (nSPS) is 19.7. The summed E-state index contributed by atoms with van der Waals surface area (Å²) in [6, 6.07) is 5.69. The van der Waals surface area contributed by atoms with Crippen LogP contribution in [-0.4, -0.2) is 41.8 Å². The lowest BCUT2D eigenvalue weighted by molar-refractivity contribution is -0.145. The molecule has 1 aliphatic carbocycles. The van der Waals surface area contributed by atoms with Crippen LogP contribution in [0.25, 0.3) is 0 Å². The lowest BCUT2D eigenvalue weighted by atomic mass is 10.0. The molecule has 1 amide bonds. The molecule has 0 bridgehead atoms. The molecule has 2 aliphatic rings. The first-order chi connectivity index (χ1) is 14.5. The largest absolute Gasteiger partial charge is 0.464 e.